The highest BCUT2D eigenvalue weighted by molar-refractivity contribution is 6.12. The Kier molecular flexibility index (Phi) is 8.12. The number of nitrogens with zero attached hydrogens (tertiary/aromatic N) is 2. The van der Waals surface area contributed by atoms with Gasteiger partial charge in [0.25, 0.3) is 0 Å². The van der Waals surface area contributed by atoms with Crippen molar-refractivity contribution in [1.82, 2.24) is 4.57 Å². The summed E-state index contributed by atoms with van der Waals surface area (Å²) in [6.07, 6.45) is 3.06. The SMILES string of the molecule is C=C1/C=C(/N(c2ccccc2)c2ccc3c(c2)C(C)(C)c2ccccc2-3)CCOc2ccccc2C12c1ccccc1-n1c3ccccc3c3cccc2c31.CC. The second-order valence-electron chi connectivity index (χ2n) is 15.6. The van der Waals surface area contributed by atoms with E-state index in [0.717, 1.165) is 39.6 Å². The average Bonchev–Trinajstić information content (AvgIpc) is 3.73. The van der Waals surface area contributed by atoms with Crippen molar-refractivity contribution < 1.29 is 4.74 Å². The molecular formula is C54H46N2O. The number of aromatic nitrogens is 1. The van der Waals surface area contributed by atoms with Crippen LogP contribution in [-0.2, 0) is 10.8 Å². The highest BCUT2D eigenvalue weighted by Crippen LogP contribution is 2.57. The summed E-state index contributed by atoms with van der Waals surface area (Å²) < 4.78 is 9.40. The van der Waals surface area contributed by atoms with E-state index >= 15 is 0 Å². The topological polar surface area (TPSA) is 17.4 Å². The quantitative estimate of drug-likeness (QED) is 0.180. The Balaban J connectivity index is 0.00000195. The summed E-state index contributed by atoms with van der Waals surface area (Å²) in [4.78, 5) is 2.43. The molecule has 1 spiro atoms. The van der Waals surface area contributed by atoms with Crippen LogP contribution in [0.4, 0.5) is 11.4 Å². The van der Waals surface area contributed by atoms with Gasteiger partial charge in [0.2, 0.25) is 0 Å². The van der Waals surface area contributed by atoms with Crippen molar-refractivity contribution in [3.05, 3.63) is 216 Å². The van der Waals surface area contributed by atoms with E-state index in [9.17, 15) is 0 Å². The smallest absolute Gasteiger partial charge is 0.124 e. The molecule has 1 aliphatic carbocycles. The number of para-hydroxylation sites is 5. The van der Waals surface area contributed by atoms with Gasteiger partial charge in [0.05, 0.1) is 28.7 Å². The van der Waals surface area contributed by atoms with Gasteiger partial charge in [-0.2, -0.15) is 0 Å². The first-order valence-electron chi connectivity index (χ1n) is 20.3. The molecule has 0 saturated carbocycles. The first-order valence-corrected chi connectivity index (χ1v) is 20.3. The summed E-state index contributed by atoms with van der Waals surface area (Å²) in [6, 6.07) is 59.8. The lowest BCUT2D eigenvalue weighted by molar-refractivity contribution is 0.316. The highest BCUT2D eigenvalue weighted by Gasteiger charge is 2.47. The van der Waals surface area contributed by atoms with Crippen LogP contribution >= 0.6 is 0 Å². The molecule has 7 aromatic carbocycles. The lowest BCUT2D eigenvalue weighted by Crippen LogP contribution is -2.36. The van der Waals surface area contributed by atoms with Gasteiger partial charge in [0.15, 0.2) is 0 Å². The fraction of sp³-hybridized carbons (Fsp3) is 0.148. The van der Waals surface area contributed by atoms with Gasteiger partial charge in [-0.25, -0.2) is 0 Å². The van der Waals surface area contributed by atoms with Crippen molar-refractivity contribution in [1.29, 1.82) is 0 Å². The fourth-order valence-electron chi connectivity index (χ4n) is 10.1. The van der Waals surface area contributed by atoms with Crippen LogP contribution in [0.25, 0.3) is 38.6 Å². The first-order chi connectivity index (χ1) is 28.0. The molecule has 57 heavy (non-hydrogen) atoms. The molecule has 8 aromatic rings. The summed E-state index contributed by atoms with van der Waals surface area (Å²) in [5.41, 5.74) is 16.0. The minimum absolute atomic E-state index is 0.127. The largest absolute Gasteiger partial charge is 0.493 e. The predicted molar refractivity (Wildman–Crippen MR) is 238 cm³/mol. The van der Waals surface area contributed by atoms with E-state index in [1.54, 1.807) is 0 Å². The Labute approximate surface area is 335 Å². The number of benzene rings is 7. The van der Waals surface area contributed by atoms with Crippen LogP contribution in [0.1, 0.15) is 61.9 Å². The van der Waals surface area contributed by atoms with E-state index in [1.807, 2.05) is 13.8 Å². The minimum Gasteiger partial charge on any atom is -0.493 e. The number of ether oxygens (including phenoxy) is 1. The molecule has 3 heteroatoms. The van der Waals surface area contributed by atoms with Gasteiger partial charge in [0.1, 0.15) is 5.75 Å². The van der Waals surface area contributed by atoms with Crippen LogP contribution < -0.4 is 9.64 Å². The molecule has 3 aliphatic rings. The fourth-order valence-corrected chi connectivity index (χ4v) is 10.1. The molecule has 1 atom stereocenters. The number of hydrogen-bond acceptors (Lipinski definition) is 2. The van der Waals surface area contributed by atoms with Gasteiger partial charge in [-0.05, 0) is 87.5 Å². The van der Waals surface area contributed by atoms with Crippen LogP contribution in [0, 0.1) is 0 Å². The second kappa shape index (κ2) is 13.3. The van der Waals surface area contributed by atoms with Crippen LogP contribution in [0.2, 0.25) is 0 Å². The summed E-state index contributed by atoms with van der Waals surface area (Å²) in [7, 11) is 0. The molecule has 0 saturated heterocycles. The maximum atomic E-state index is 6.93. The summed E-state index contributed by atoms with van der Waals surface area (Å²) in [6.45, 7) is 14.3. The molecule has 3 nitrogen and oxygen atoms in total. The number of anilines is 2. The van der Waals surface area contributed by atoms with Crippen molar-refractivity contribution in [3.63, 3.8) is 0 Å². The molecule has 1 unspecified atom stereocenters. The number of hydrogen-bond donors (Lipinski definition) is 0. The van der Waals surface area contributed by atoms with Crippen LogP contribution in [0.15, 0.2) is 188 Å². The lowest BCUT2D eigenvalue weighted by Gasteiger charge is -2.42. The standard InChI is InChI=1S/C52H40N2O.C2H6/c1-34-32-37(53(35-16-5-4-6-17-35)36-28-29-39-38-18-7-9-21-42(38)51(2,3)46(39)33-36)30-31-55-49-27-14-11-23-44(49)52(34)43-22-10-13-26-48(43)54-47-25-12-8-19-40(47)41-20-15-24-45(52)50(41)54;1-2/h4-29,32-33H,1,30-31H2,2-3H3;1-2H3/b37-32+;. The Morgan fingerprint density at radius 1 is 0.579 bits per heavy atom. The zero-order valence-corrected chi connectivity index (χ0v) is 33.1. The van der Waals surface area contributed by atoms with Crippen molar-refractivity contribution >= 4 is 33.2 Å². The number of fused-ring (bicyclic) bond motifs is 12. The molecule has 2 aliphatic heterocycles. The number of allylic oxidation sites excluding steroid dienone is 2. The maximum Gasteiger partial charge on any atom is 0.124 e. The van der Waals surface area contributed by atoms with E-state index in [-0.39, 0.29) is 5.41 Å². The molecule has 0 radical (unpaired) electrons. The molecule has 278 valence electrons. The molecule has 0 bridgehead atoms. The summed E-state index contributed by atoms with van der Waals surface area (Å²) in [5, 5.41) is 2.49. The summed E-state index contributed by atoms with van der Waals surface area (Å²) >= 11 is 0. The van der Waals surface area contributed by atoms with Gasteiger partial charge in [-0.1, -0.05) is 156 Å². The molecule has 0 amide bonds. The van der Waals surface area contributed by atoms with Crippen LogP contribution in [0.5, 0.6) is 5.75 Å². The van der Waals surface area contributed by atoms with Gasteiger partial charge >= 0.3 is 0 Å². The van der Waals surface area contributed by atoms with Crippen molar-refractivity contribution in [3.8, 4) is 22.6 Å². The van der Waals surface area contributed by atoms with Crippen molar-refractivity contribution in [2.75, 3.05) is 11.5 Å². The second-order valence-corrected chi connectivity index (χ2v) is 15.6. The Morgan fingerprint density at radius 3 is 2.07 bits per heavy atom. The third kappa shape index (κ3) is 4.91. The van der Waals surface area contributed by atoms with E-state index in [1.165, 1.54) is 55.2 Å². The van der Waals surface area contributed by atoms with Crippen molar-refractivity contribution in [2.24, 2.45) is 0 Å². The zero-order valence-electron chi connectivity index (χ0n) is 33.1. The first kappa shape index (κ1) is 34.9. The van der Waals surface area contributed by atoms with Gasteiger partial charge in [-0.3, -0.25) is 0 Å². The lowest BCUT2D eigenvalue weighted by atomic mass is 9.62. The van der Waals surface area contributed by atoms with Gasteiger partial charge < -0.3 is 14.2 Å². The summed E-state index contributed by atoms with van der Waals surface area (Å²) in [5.74, 6) is 0.887. The van der Waals surface area contributed by atoms with Gasteiger partial charge in [-0.15, -0.1) is 0 Å². The molecule has 0 N–H and O–H groups in total. The number of rotatable bonds is 3. The third-order valence-corrected chi connectivity index (χ3v) is 12.5. The van der Waals surface area contributed by atoms with Crippen LogP contribution in [-0.4, -0.2) is 11.2 Å². The molecule has 3 heterocycles. The zero-order chi connectivity index (χ0) is 38.9. The Morgan fingerprint density at radius 2 is 1.23 bits per heavy atom. The van der Waals surface area contributed by atoms with Crippen molar-refractivity contribution in [2.45, 2.75) is 44.9 Å². The Bertz CT molecular complexity index is 2910. The monoisotopic (exact) mass is 738 g/mol. The molecule has 0 fully saturated rings. The van der Waals surface area contributed by atoms with Crippen LogP contribution in [0.3, 0.4) is 0 Å². The van der Waals surface area contributed by atoms with Gasteiger partial charge in [0, 0.05) is 45.2 Å². The normalized spacial score (nSPS) is 18.0. The Hall–Kier alpha value is -6.58. The molecule has 11 rings (SSSR count). The minimum atomic E-state index is -0.739. The average molecular weight is 739 g/mol. The molecule has 1 aromatic heterocycles. The van der Waals surface area contributed by atoms with E-state index < -0.39 is 5.41 Å². The predicted octanol–water partition coefficient (Wildman–Crippen LogP) is 13.8. The van der Waals surface area contributed by atoms with E-state index in [2.05, 4.69) is 193 Å². The molecular weight excluding hydrogens is 693 g/mol. The third-order valence-electron chi connectivity index (χ3n) is 12.5. The van der Waals surface area contributed by atoms with E-state index in [4.69, 9.17) is 11.3 Å². The maximum absolute atomic E-state index is 6.93. The van der Waals surface area contributed by atoms with E-state index in [0.29, 0.717) is 13.0 Å². The highest BCUT2D eigenvalue weighted by atomic mass is 16.5.